The molecule has 0 amide bonds. The average molecular weight is 302 g/mol. The molecule has 3 heterocycles. The monoisotopic (exact) mass is 302 g/mol. The normalized spacial score (nSPS) is 18.0. The second-order valence-corrected chi connectivity index (χ2v) is 7.48. The Labute approximate surface area is 138 Å². The van der Waals surface area contributed by atoms with Crippen LogP contribution in [0.25, 0.3) is 5.57 Å². The summed E-state index contributed by atoms with van der Waals surface area (Å²) in [5.41, 5.74) is 9.43. The van der Waals surface area contributed by atoms with Gasteiger partial charge in [-0.1, -0.05) is 17.7 Å². The Morgan fingerprint density at radius 2 is 1.74 bits per heavy atom. The topological polar surface area (TPSA) is 7.94 Å². The lowest BCUT2D eigenvalue weighted by Crippen LogP contribution is -2.51. The van der Waals surface area contributed by atoms with Gasteiger partial charge in [0, 0.05) is 17.8 Å². The molecule has 0 spiro atoms. The number of aromatic nitrogens is 1. The number of benzene rings is 1. The maximum Gasteiger partial charge on any atom is 0.372 e. The van der Waals surface area contributed by atoms with Crippen molar-refractivity contribution < 1.29 is 4.49 Å². The van der Waals surface area contributed by atoms with Crippen molar-refractivity contribution in [3.05, 3.63) is 76.3 Å². The van der Waals surface area contributed by atoms with Gasteiger partial charge in [-0.15, -0.1) is 13.6 Å². The molecule has 2 aliphatic heterocycles. The summed E-state index contributed by atoms with van der Waals surface area (Å²) in [7, 11) is 0. The van der Waals surface area contributed by atoms with E-state index in [1.807, 2.05) is 0 Å². The summed E-state index contributed by atoms with van der Waals surface area (Å²) < 4.78 is 4.89. The molecule has 116 valence electrons. The van der Waals surface area contributed by atoms with Crippen molar-refractivity contribution >= 4 is 18.2 Å². The summed E-state index contributed by atoms with van der Waals surface area (Å²) in [5, 5.41) is 0. The van der Waals surface area contributed by atoms with E-state index >= 15 is 0 Å². The summed E-state index contributed by atoms with van der Waals surface area (Å²) in [5.74, 6) is 0. The molecular formula is C20H23BN2. The number of aryl methyl sites for hydroxylation is 3. The minimum atomic E-state index is -0.830. The van der Waals surface area contributed by atoms with Crippen LogP contribution in [-0.4, -0.2) is 21.6 Å². The van der Waals surface area contributed by atoms with E-state index in [1.165, 1.54) is 39.2 Å². The molecule has 0 atom stereocenters. The molecule has 2 aliphatic rings. The van der Waals surface area contributed by atoms with Crippen LogP contribution in [0.2, 0.25) is 13.6 Å². The number of hydrogen-bond donors (Lipinski definition) is 0. The molecule has 0 fully saturated rings. The predicted molar refractivity (Wildman–Crippen MR) is 99.5 cm³/mol. The van der Waals surface area contributed by atoms with Crippen LogP contribution in [0, 0.1) is 20.8 Å². The van der Waals surface area contributed by atoms with Crippen LogP contribution < -0.4 is 0 Å². The van der Waals surface area contributed by atoms with Crippen molar-refractivity contribution in [2.24, 2.45) is 0 Å². The summed E-state index contributed by atoms with van der Waals surface area (Å²) in [4.78, 5) is 0. The van der Waals surface area contributed by atoms with Crippen LogP contribution in [0.3, 0.4) is 0 Å². The van der Waals surface area contributed by atoms with E-state index in [0.29, 0.717) is 0 Å². The summed E-state index contributed by atoms with van der Waals surface area (Å²) >= 11 is 0. The van der Waals surface area contributed by atoms with Crippen LogP contribution in [0.15, 0.2) is 48.3 Å². The van der Waals surface area contributed by atoms with Gasteiger partial charge in [0.2, 0.25) is 0 Å². The van der Waals surface area contributed by atoms with Crippen molar-refractivity contribution in [2.75, 3.05) is 0 Å². The van der Waals surface area contributed by atoms with Gasteiger partial charge in [0.1, 0.15) is 6.21 Å². The fourth-order valence-corrected chi connectivity index (χ4v) is 4.41. The molecule has 23 heavy (non-hydrogen) atoms. The van der Waals surface area contributed by atoms with Gasteiger partial charge in [-0.3, -0.25) is 0 Å². The second-order valence-electron chi connectivity index (χ2n) is 7.48. The summed E-state index contributed by atoms with van der Waals surface area (Å²) in [6.45, 7) is 11.3. The zero-order valence-corrected chi connectivity index (χ0v) is 14.6. The number of allylic oxidation sites excluding steroid dienone is 2. The lowest BCUT2D eigenvalue weighted by atomic mass is 9.48. The quantitative estimate of drug-likeness (QED) is 0.690. The molecule has 1 aromatic carbocycles. The Morgan fingerprint density at radius 1 is 1.04 bits per heavy atom. The first kappa shape index (κ1) is 14.3. The molecule has 0 N–H and O–H groups in total. The summed E-state index contributed by atoms with van der Waals surface area (Å²) in [6, 6.07) is 9.01. The van der Waals surface area contributed by atoms with Gasteiger partial charge in [-0.25, -0.2) is 0 Å². The van der Waals surface area contributed by atoms with Gasteiger partial charge in [0.15, 0.2) is 5.70 Å². The Kier molecular flexibility index (Phi) is 2.87. The Morgan fingerprint density at radius 3 is 2.43 bits per heavy atom. The van der Waals surface area contributed by atoms with E-state index in [1.54, 1.807) is 0 Å². The Hall–Kier alpha value is -2.29. The third kappa shape index (κ3) is 1.86. The van der Waals surface area contributed by atoms with E-state index in [2.05, 4.69) is 92.2 Å². The first-order chi connectivity index (χ1) is 10.9. The van der Waals surface area contributed by atoms with Crippen molar-refractivity contribution in [1.29, 1.82) is 0 Å². The highest BCUT2D eigenvalue weighted by molar-refractivity contribution is 6.69. The molecule has 0 saturated heterocycles. The number of nitrogens with zero attached hydrogens (tertiary/aromatic N) is 2. The van der Waals surface area contributed by atoms with Crippen LogP contribution in [0.5, 0.6) is 0 Å². The van der Waals surface area contributed by atoms with Crippen molar-refractivity contribution in [1.82, 2.24) is 4.48 Å². The molecule has 0 bridgehead atoms. The van der Waals surface area contributed by atoms with E-state index in [0.717, 1.165) is 0 Å². The van der Waals surface area contributed by atoms with Gasteiger partial charge >= 0.3 is 6.42 Å². The van der Waals surface area contributed by atoms with Crippen LogP contribution in [0.1, 0.15) is 27.9 Å². The highest BCUT2D eigenvalue weighted by atomic mass is 15.1. The molecular weight excluding hydrogens is 279 g/mol. The van der Waals surface area contributed by atoms with Gasteiger partial charge in [-0.2, -0.15) is 0 Å². The van der Waals surface area contributed by atoms with Crippen LogP contribution >= 0.6 is 0 Å². The average Bonchev–Trinajstić information content (AvgIpc) is 3.11. The standard InChI is InChI=1S/C20H23BN2/c1-14-12-15(2)19(16(3)13-14)20-17-8-6-10-22(17)21(4,5)23-11-7-9-18(20)23/h6-13H,1-5H3. The van der Waals surface area contributed by atoms with Gasteiger partial charge in [-0.05, 0) is 55.8 Å². The number of rotatable bonds is 1. The Balaban J connectivity index is 2.10. The summed E-state index contributed by atoms with van der Waals surface area (Å²) in [6.07, 6.45) is 8.04. The molecule has 3 heteroatoms. The van der Waals surface area contributed by atoms with Crippen molar-refractivity contribution in [3.63, 3.8) is 0 Å². The fourth-order valence-electron chi connectivity index (χ4n) is 4.41. The lowest BCUT2D eigenvalue weighted by molar-refractivity contribution is -0.328. The van der Waals surface area contributed by atoms with E-state index < -0.39 is 6.42 Å². The molecule has 2 aromatic rings. The molecule has 0 aliphatic carbocycles. The lowest BCUT2D eigenvalue weighted by Gasteiger charge is -2.38. The van der Waals surface area contributed by atoms with Crippen LogP contribution in [-0.2, 0) is 0 Å². The van der Waals surface area contributed by atoms with Gasteiger partial charge in [0.25, 0.3) is 0 Å². The maximum absolute atomic E-state index is 2.45. The smallest absolute Gasteiger partial charge is 0.372 e. The zero-order valence-electron chi connectivity index (χ0n) is 14.6. The first-order valence-corrected chi connectivity index (χ1v) is 8.45. The molecule has 0 radical (unpaired) electrons. The molecule has 2 nitrogen and oxygen atoms in total. The van der Waals surface area contributed by atoms with Gasteiger partial charge < -0.3 is 8.96 Å². The maximum atomic E-state index is 2.45. The van der Waals surface area contributed by atoms with E-state index in [-0.39, 0.29) is 0 Å². The molecule has 1 aromatic heterocycles. The van der Waals surface area contributed by atoms with Crippen LogP contribution in [0.4, 0.5) is 0 Å². The number of hydrogen-bond acceptors (Lipinski definition) is 0. The first-order valence-electron chi connectivity index (χ1n) is 8.45. The van der Waals surface area contributed by atoms with E-state index in [4.69, 9.17) is 0 Å². The second kappa shape index (κ2) is 4.61. The largest absolute Gasteiger partial charge is 0.461 e. The highest BCUT2D eigenvalue weighted by Gasteiger charge is 2.40. The Bertz CT molecular complexity index is 900. The third-order valence-corrected chi connectivity index (χ3v) is 5.36. The van der Waals surface area contributed by atoms with Crippen molar-refractivity contribution in [2.45, 2.75) is 34.4 Å². The minimum Gasteiger partial charge on any atom is -0.461 e. The molecule has 0 saturated carbocycles. The molecule has 4 rings (SSSR count). The zero-order chi connectivity index (χ0) is 16.4. The fraction of sp³-hybridized carbons (Fsp3) is 0.250. The van der Waals surface area contributed by atoms with E-state index in [9.17, 15) is 0 Å². The van der Waals surface area contributed by atoms with Crippen molar-refractivity contribution in [3.8, 4) is 0 Å². The predicted octanol–water partition coefficient (Wildman–Crippen LogP) is 4.39. The SMILES string of the molecule is Cc1cc(C)c(C2=C3C=CC=[N+]3[B-](C)(C)n3cccc32)c(C)c1. The third-order valence-electron chi connectivity index (χ3n) is 5.36. The van der Waals surface area contributed by atoms with Gasteiger partial charge in [0.05, 0.1) is 5.57 Å². The molecule has 0 unspecified atom stereocenters. The minimum absolute atomic E-state index is 0.830. The highest BCUT2D eigenvalue weighted by Crippen LogP contribution is 2.39. The number of fused-ring (bicyclic) bond motifs is 2.